The van der Waals surface area contributed by atoms with Gasteiger partial charge in [0.25, 0.3) is 5.22 Å². The molecule has 0 saturated carbocycles. The van der Waals surface area contributed by atoms with Gasteiger partial charge in [-0.05, 0) is 48.7 Å². The summed E-state index contributed by atoms with van der Waals surface area (Å²) in [7, 11) is 0. The fraction of sp³-hybridized carbons (Fsp3) is 0.182. The Bertz CT molecular complexity index is 703. The third-order valence-electron chi connectivity index (χ3n) is 2.46. The van der Waals surface area contributed by atoms with Crippen molar-refractivity contribution >= 4 is 44.9 Å². The molecule has 4 nitrogen and oxygen atoms in total. The Balaban J connectivity index is 2.06. The van der Waals surface area contributed by atoms with E-state index in [9.17, 15) is 0 Å². The van der Waals surface area contributed by atoms with Crippen molar-refractivity contribution in [3.8, 4) is 0 Å². The summed E-state index contributed by atoms with van der Waals surface area (Å²) < 4.78 is 5.54. The molecule has 92 valence electrons. The van der Waals surface area contributed by atoms with E-state index in [4.69, 9.17) is 16.0 Å². The number of thiophene rings is 1. The van der Waals surface area contributed by atoms with Gasteiger partial charge in [-0.1, -0.05) is 0 Å². The zero-order chi connectivity index (χ0) is 12.7. The van der Waals surface area contributed by atoms with Gasteiger partial charge < -0.3 is 4.42 Å². The third-order valence-corrected chi connectivity index (χ3v) is 4.29. The minimum atomic E-state index is 0.243. The lowest BCUT2D eigenvalue weighted by atomic mass is 10.4. The first kappa shape index (κ1) is 12.0. The maximum absolute atomic E-state index is 5.90. The van der Waals surface area contributed by atoms with Gasteiger partial charge in [0.05, 0.1) is 5.69 Å². The van der Waals surface area contributed by atoms with E-state index >= 15 is 0 Å². The number of aryl methyl sites for hydroxylation is 2. The van der Waals surface area contributed by atoms with Crippen molar-refractivity contribution in [2.75, 3.05) is 0 Å². The molecule has 0 N–H and O–H groups in total. The second kappa shape index (κ2) is 4.53. The molecular formula is C11H8ClN3OS2. The Hall–Kier alpha value is -1.11. The lowest BCUT2D eigenvalue weighted by molar-refractivity contribution is 0.431. The summed E-state index contributed by atoms with van der Waals surface area (Å²) >= 11 is 8.80. The van der Waals surface area contributed by atoms with Crippen molar-refractivity contribution in [1.82, 2.24) is 15.0 Å². The fourth-order valence-corrected chi connectivity index (χ4v) is 3.47. The molecule has 3 rings (SSSR count). The smallest absolute Gasteiger partial charge is 0.262 e. The molecule has 0 saturated heterocycles. The van der Waals surface area contributed by atoms with E-state index in [1.54, 1.807) is 0 Å². The number of nitrogens with zero attached hydrogens (tertiary/aromatic N) is 3. The van der Waals surface area contributed by atoms with Crippen LogP contribution in [0.5, 0.6) is 0 Å². The molecule has 0 aromatic carbocycles. The number of hydrogen-bond donors (Lipinski definition) is 0. The molecule has 0 spiro atoms. The number of rotatable bonds is 2. The third kappa shape index (κ3) is 2.11. The summed E-state index contributed by atoms with van der Waals surface area (Å²) in [6.07, 6.45) is 0. The zero-order valence-electron chi connectivity index (χ0n) is 9.60. The van der Waals surface area contributed by atoms with Crippen LogP contribution in [0, 0.1) is 13.8 Å². The number of fused-ring (bicyclic) bond motifs is 1. The van der Waals surface area contributed by atoms with Gasteiger partial charge in [0.2, 0.25) is 5.28 Å². The minimum absolute atomic E-state index is 0.243. The summed E-state index contributed by atoms with van der Waals surface area (Å²) in [6.45, 7) is 3.80. The van der Waals surface area contributed by atoms with E-state index < -0.39 is 0 Å². The highest BCUT2D eigenvalue weighted by molar-refractivity contribution is 7.99. The molecule has 0 atom stereocenters. The first-order valence-corrected chi connectivity index (χ1v) is 7.23. The molecule has 0 aliphatic rings. The van der Waals surface area contributed by atoms with Crippen molar-refractivity contribution in [2.24, 2.45) is 0 Å². The van der Waals surface area contributed by atoms with Crippen LogP contribution in [0.3, 0.4) is 0 Å². The van der Waals surface area contributed by atoms with E-state index in [1.165, 1.54) is 23.1 Å². The van der Waals surface area contributed by atoms with Gasteiger partial charge in [0.15, 0.2) is 0 Å². The van der Waals surface area contributed by atoms with E-state index in [0.717, 1.165) is 26.7 Å². The normalized spacial score (nSPS) is 11.3. The first-order valence-electron chi connectivity index (χ1n) is 5.16. The van der Waals surface area contributed by atoms with Crippen LogP contribution in [0.25, 0.3) is 10.2 Å². The van der Waals surface area contributed by atoms with Crippen molar-refractivity contribution in [2.45, 2.75) is 24.1 Å². The molecular weight excluding hydrogens is 290 g/mol. The van der Waals surface area contributed by atoms with Crippen LogP contribution in [-0.2, 0) is 0 Å². The second-order valence-electron chi connectivity index (χ2n) is 3.66. The predicted octanol–water partition coefficient (Wildman–Crippen LogP) is 4.10. The largest absolute Gasteiger partial charge is 0.436 e. The topological polar surface area (TPSA) is 51.8 Å². The Labute approximate surface area is 116 Å². The Morgan fingerprint density at radius 2 is 2.11 bits per heavy atom. The standard InChI is InChI=1S/C11H8ClN3OS2/c1-5-6(2)16-11(13-5)18-9-7-3-4-17-8(7)14-10(12)15-9/h3-4H,1-2H3. The molecule has 3 heterocycles. The molecule has 7 heteroatoms. The molecule has 0 amide bonds. The average molecular weight is 298 g/mol. The maximum Gasteiger partial charge on any atom is 0.262 e. The van der Waals surface area contributed by atoms with E-state index in [2.05, 4.69) is 15.0 Å². The summed E-state index contributed by atoms with van der Waals surface area (Å²) in [5, 5.41) is 4.53. The van der Waals surface area contributed by atoms with Crippen LogP contribution in [0.2, 0.25) is 5.28 Å². The molecule has 0 bridgehead atoms. The highest BCUT2D eigenvalue weighted by atomic mass is 35.5. The van der Waals surface area contributed by atoms with Gasteiger partial charge in [0.1, 0.15) is 15.6 Å². The van der Waals surface area contributed by atoms with E-state index in [0.29, 0.717) is 5.22 Å². The van der Waals surface area contributed by atoms with Gasteiger partial charge in [0, 0.05) is 5.39 Å². The summed E-state index contributed by atoms with van der Waals surface area (Å²) in [6, 6.07) is 1.97. The quantitative estimate of drug-likeness (QED) is 0.526. The Morgan fingerprint density at radius 3 is 2.83 bits per heavy atom. The van der Waals surface area contributed by atoms with E-state index in [1.807, 2.05) is 25.3 Å². The lowest BCUT2D eigenvalue weighted by Gasteiger charge is -1.99. The molecule has 0 aliphatic carbocycles. The Kier molecular flexibility index (Phi) is 3.01. The monoisotopic (exact) mass is 297 g/mol. The van der Waals surface area contributed by atoms with Crippen LogP contribution >= 0.6 is 34.7 Å². The average Bonchev–Trinajstić information content (AvgIpc) is 2.86. The van der Waals surface area contributed by atoms with Crippen LogP contribution < -0.4 is 0 Å². The number of oxazole rings is 1. The second-order valence-corrected chi connectivity index (χ2v) is 5.83. The molecule has 3 aromatic rings. The summed E-state index contributed by atoms with van der Waals surface area (Å²) in [4.78, 5) is 13.6. The number of hydrogen-bond acceptors (Lipinski definition) is 6. The fourth-order valence-electron chi connectivity index (χ4n) is 1.45. The van der Waals surface area contributed by atoms with Crippen molar-refractivity contribution < 1.29 is 4.42 Å². The summed E-state index contributed by atoms with van der Waals surface area (Å²) in [5.74, 6) is 0.819. The van der Waals surface area contributed by atoms with E-state index in [-0.39, 0.29) is 5.28 Å². The lowest BCUT2D eigenvalue weighted by Crippen LogP contribution is -1.86. The van der Waals surface area contributed by atoms with Gasteiger partial charge in [-0.3, -0.25) is 0 Å². The first-order chi connectivity index (χ1) is 8.63. The molecule has 3 aromatic heterocycles. The minimum Gasteiger partial charge on any atom is -0.436 e. The highest BCUT2D eigenvalue weighted by Gasteiger charge is 2.13. The van der Waals surface area contributed by atoms with Gasteiger partial charge >= 0.3 is 0 Å². The van der Waals surface area contributed by atoms with Crippen LogP contribution in [0.15, 0.2) is 26.1 Å². The van der Waals surface area contributed by atoms with Gasteiger partial charge in [-0.25, -0.2) is 15.0 Å². The van der Waals surface area contributed by atoms with Crippen molar-refractivity contribution in [3.05, 3.63) is 28.2 Å². The van der Waals surface area contributed by atoms with Gasteiger partial charge in [-0.15, -0.1) is 11.3 Å². The van der Waals surface area contributed by atoms with Crippen LogP contribution in [0.1, 0.15) is 11.5 Å². The van der Waals surface area contributed by atoms with Crippen molar-refractivity contribution in [1.29, 1.82) is 0 Å². The number of halogens is 1. The molecule has 0 aliphatic heterocycles. The Morgan fingerprint density at radius 1 is 1.28 bits per heavy atom. The predicted molar refractivity (Wildman–Crippen MR) is 72.5 cm³/mol. The van der Waals surface area contributed by atoms with Crippen LogP contribution in [-0.4, -0.2) is 15.0 Å². The summed E-state index contributed by atoms with van der Waals surface area (Å²) in [5.41, 5.74) is 0.888. The van der Waals surface area contributed by atoms with Crippen molar-refractivity contribution in [3.63, 3.8) is 0 Å². The van der Waals surface area contributed by atoms with Crippen LogP contribution in [0.4, 0.5) is 0 Å². The molecule has 18 heavy (non-hydrogen) atoms. The molecule has 0 fully saturated rings. The highest BCUT2D eigenvalue weighted by Crippen LogP contribution is 2.34. The SMILES string of the molecule is Cc1nc(Sc2nc(Cl)nc3sccc23)oc1C. The molecule has 0 unspecified atom stereocenters. The number of aromatic nitrogens is 3. The van der Waals surface area contributed by atoms with Gasteiger partial charge in [-0.2, -0.15) is 0 Å². The maximum atomic E-state index is 5.90. The zero-order valence-corrected chi connectivity index (χ0v) is 12.0. The molecule has 0 radical (unpaired) electrons.